The minimum Gasteiger partial charge on any atom is -0.379 e. The molecule has 19 heavy (non-hydrogen) atoms. The van der Waals surface area contributed by atoms with Crippen molar-refractivity contribution >= 4 is 15.9 Å². The van der Waals surface area contributed by atoms with Crippen LogP contribution in [0.5, 0.6) is 0 Å². The molecular weight excluding hydrogens is 302 g/mol. The number of aryl methyl sites for hydroxylation is 1. The van der Waals surface area contributed by atoms with E-state index in [1.807, 2.05) is 0 Å². The van der Waals surface area contributed by atoms with Crippen LogP contribution in [0.4, 0.5) is 0 Å². The van der Waals surface area contributed by atoms with E-state index in [0.717, 1.165) is 19.1 Å². The molecule has 1 atom stereocenters. The summed E-state index contributed by atoms with van der Waals surface area (Å²) in [4.78, 5) is 0. The van der Waals surface area contributed by atoms with Crippen LogP contribution in [0.2, 0.25) is 0 Å². The second-order valence-corrected chi connectivity index (χ2v) is 7.06. The Labute approximate surface area is 124 Å². The highest BCUT2D eigenvalue weighted by atomic mass is 79.9. The topological polar surface area (TPSA) is 21.3 Å². The lowest BCUT2D eigenvalue weighted by Crippen LogP contribution is -2.50. The van der Waals surface area contributed by atoms with Crippen LogP contribution in [0.15, 0.2) is 22.7 Å². The molecule has 1 unspecified atom stereocenters. The molecule has 1 aromatic rings. The molecule has 0 amide bonds. The van der Waals surface area contributed by atoms with Crippen LogP contribution < -0.4 is 5.32 Å². The normalized spacial score (nSPS) is 25.9. The third-order valence-electron chi connectivity index (χ3n) is 4.61. The summed E-state index contributed by atoms with van der Waals surface area (Å²) in [5.41, 5.74) is 3.14. The van der Waals surface area contributed by atoms with Crippen molar-refractivity contribution in [1.82, 2.24) is 5.32 Å². The van der Waals surface area contributed by atoms with E-state index in [4.69, 9.17) is 4.74 Å². The van der Waals surface area contributed by atoms with E-state index in [1.165, 1.54) is 48.0 Å². The van der Waals surface area contributed by atoms with Crippen molar-refractivity contribution < 1.29 is 4.74 Å². The van der Waals surface area contributed by atoms with Gasteiger partial charge in [0.05, 0.1) is 13.2 Å². The number of hydrogen-bond acceptors (Lipinski definition) is 2. The van der Waals surface area contributed by atoms with Gasteiger partial charge in [-0.05, 0) is 68.5 Å². The first-order valence-electron chi connectivity index (χ1n) is 7.25. The minimum absolute atomic E-state index is 0.261. The van der Waals surface area contributed by atoms with E-state index in [2.05, 4.69) is 46.4 Å². The van der Waals surface area contributed by atoms with Gasteiger partial charge in [-0.15, -0.1) is 0 Å². The first kappa shape index (κ1) is 13.6. The number of rotatable bonds is 3. The lowest BCUT2D eigenvalue weighted by molar-refractivity contribution is -0.0730. The van der Waals surface area contributed by atoms with Gasteiger partial charge in [0.2, 0.25) is 0 Å². The fourth-order valence-electron chi connectivity index (χ4n) is 3.55. The summed E-state index contributed by atoms with van der Waals surface area (Å²) in [5, 5.41) is 3.53. The average Bonchev–Trinajstić information content (AvgIpc) is 2.38. The summed E-state index contributed by atoms with van der Waals surface area (Å²) < 4.78 is 6.77. The number of benzene rings is 1. The standard InChI is InChI=1S/C16H22BrNO/c1-12-4-5-14(17)7-15(12)16(10-19-11-16)8-13-3-2-6-18-9-13/h4-5,7,13,18H,2-3,6,8-11H2,1H3. The van der Waals surface area contributed by atoms with Crippen LogP contribution in [0, 0.1) is 12.8 Å². The molecule has 2 aliphatic heterocycles. The van der Waals surface area contributed by atoms with Crippen molar-refractivity contribution in [1.29, 1.82) is 0 Å². The molecule has 0 saturated carbocycles. The zero-order valence-corrected chi connectivity index (χ0v) is 13.1. The molecule has 0 aliphatic carbocycles. The van der Waals surface area contributed by atoms with E-state index in [1.54, 1.807) is 0 Å². The Balaban J connectivity index is 1.83. The predicted molar refractivity (Wildman–Crippen MR) is 81.6 cm³/mol. The van der Waals surface area contributed by atoms with Crippen molar-refractivity contribution in [2.75, 3.05) is 26.3 Å². The molecule has 1 aromatic carbocycles. The fourth-order valence-corrected chi connectivity index (χ4v) is 3.91. The summed E-state index contributed by atoms with van der Waals surface area (Å²) in [5.74, 6) is 0.802. The van der Waals surface area contributed by atoms with Gasteiger partial charge >= 0.3 is 0 Å². The molecule has 1 N–H and O–H groups in total. The Kier molecular flexibility index (Phi) is 3.97. The molecule has 0 aromatic heterocycles. The highest BCUT2D eigenvalue weighted by Crippen LogP contribution is 2.41. The molecule has 2 saturated heterocycles. The Hall–Kier alpha value is -0.380. The highest BCUT2D eigenvalue weighted by Gasteiger charge is 2.43. The first-order valence-corrected chi connectivity index (χ1v) is 8.04. The SMILES string of the molecule is Cc1ccc(Br)cc1C1(CC2CCCNC2)COC1. The van der Waals surface area contributed by atoms with Crippen molar-refractivity contribution in [2.45, 2.75) is 31.6 Å². The summed E-state index contributed by atoms with van der Waals surface area (Å²) in [6, 6.07) is 6.65. The zero-order chi connectivity index (χ0) is 13.3. The molecule has 2 nitrogen and oxygen atoms in total. The zero-order valence-electron chi connectivity index (χ0n) is 11.5. The lowest BCUT2D eigenvalue weighted by Gasteiger charge is -2.45. The summed E-state index contributed by atoms with van der Waals surface area (Å²) in [7, 11) is 0. The van der Waals surface area contributed by atoms with Crippen molar-refractivity contribution in [2.24, 2.45) is 5.92 Å². The van der Waals surface area contributed by atoms with Gasteiger partial charge in [0.25, 0.3) is 0 Å². The molecular formula is C16H22BrNO. The van der Waals surface area contributed by atoms with Gasteiger partial charge in [0.15, 0.2) is 0 Å². The Morgan fingerprint density at radius 3 is 2.89 bits per heavy atom. The van der Waals surface area contributed by atoms with E-state index in [-0.39, 0.29) is 5.41 Å². The van der Waals surface area contributed by atoms with Gasteiger partial charge in [0.1, 0.15) is 0 Å². The van der Waals surface area contributed by atoms with E-state index in [0.29, 0.717) is 0 Å². The second kappa shape index (κ2) is 5.55. The fraction of sp³-hybridized carbons (Fsp3) is 0.625. The highest BCUT2D eigenvalue weighted by molar-refractivity contribution is 9.10. The smallest absolute Gasteiger partial charge is 0.0585 e. The van der Waals surface area contributed by atoms with Crippen LogP contribution in [0.1, 0.15) is 30.4 Å². The third kappa shape index (κ3) is 2.74. The van der Waals surface area contributed by atoms with Gasteiger partial charge < -0.3 is 10.1 Å². The Bertz CT molecular complexity index is 450. The molecule has 2 heterocycles. The molecule has 0 bridgehead atoms. The average molecular weight is 324 g/mol. The predicted octanol–water partition coefficient (Wildman–Crippen LogP) is 3.42. The van der Waals surface area contributed by atoms with Crippen LogP contribution in [-0.4, -0.2) is 26.3 Å². The summed E-state index contributed by atoms with van der Waals surface area (Å²) in [6.07, 6.45) is 3.94. The summed E-state index contributed by atoms with van der Waals surface area (Å²) in [6.45, 7) is 6.37. The third-order valence-corrected chi connectivity index (χ3v) is 5.10. The summed E-state index contributed by atoms with van der Waals surface area (Å²) >= 11 is 3.61. The molecule has 3 rings (SSSR count). The number of ether oxygens (including phenoxy) is 1. The van der Waals surface area contributed by atoms with Crippen LogP contribution >= 0.6 is 15.9 Å². The van der Waals surface area contributed by atoms with Crippen molar-refractivity contribution in [3.05, 3.63) is 33.8 Å². The molecule has 2 fully saturated rings. The molecule has 0 spiro atoms. The number of hydrogen-bond donors (Lipinski definition) is 1. The van der Waals surface area contributed by atoms with Gasteiger partial charge in [-0.2, -0.15) is 0 Å². The number of nitrogens with one attached hydrogen (secondary N) is 1. The first-order chi connectivity index (χ1) is 9.20. The van der Waals surface area contributed by atoms with Gasteiger partial charge in [-0.1, -0.05) is 22.0 Å². The maximum atomic E-state index is 5.59. The van der Waals surface area contributed by atoms with Crippen LogP contribution in [-0.2, 0) is 10.2 Å². The maximum Gasteiger partial charge on any atom is 0.0585 e. The number of halogens is 1. The lowest BCUT2D eigenvalue weighted by atomic mass is 9.70. The van der Waals surface area contributed by atoms with Crippen molar-refractivity contribution in [3.63, 3.8) is 0 Å². The van der Waals surface area contributed by atoms with Gasteiger partial charge in [-0.3, -0.25) is 0 Å². The second-order valence-electron chi connectivity index (χ2n) is 6.15. The minimum atomic E-state index is 0.261. The molecule has 2 aliphatic rings. The van der Waals surface area contributed by atoms with E-state index >= 15 is 0 Å². The quantitative estimate of drug-likeness (QED) is 0.920. The van der Waals surface area contributed by atoms with Gasteiger partial charge in [0, 0.05) is 9.89 Å². The Morgan fingerprint density at radius 1 is 1.42 bits per heavy atom. The molecule has 3 heteroatoms. The molecule has 0 radical (unpaired) electrons. The van der Waals surface area contributed by atoms with Crippen molar-refractivity contribution in [3.8, 4) is 0 Å². The maximum absolute atomic E-state index is 5.59. The molecule has 104 valence electrons. The monoisotopic (exact) mass is 323 g/mol. The van der Waals surface area contributed by atoms with Gasteiger partial charge in [-0.25, -0.2) is 0 Å². The van der Waals surface area contributed by atoms with E-state index < -0.39 is 0 Å². The largest absolute Gasteiger partial charge is 0.379 e. The number of piperidine rings is 1. The van der Waals surface area contributed by atoms with Crippen LogP contribution in [0.25, 0.3) is 0 Å². The van der Waals surface area contributed by atoms with E-state index in [9.17, 15) is 0 Å². The Morgan fingerprint density at radius 2 is 2.26 bits per heavy atom. The van der Waals surface area contributed by atoms with Crippen LogP contribution in [0.3, 0.4) is 0 Å².